The molecule has 1 fully saturated rings. The number of rotatable bonds is 5. The van der Waals surface area contributed by atoms with Crippen LogP contribution >= 0.6 is 0 Å². The van der Waals surface area contributed by atoms with Gasteiger partial charge in [-0.25, -0.2) is 4.39 Å². The number of para-hydroxylation sites is 1. The number of nitrogens with zero attached hydrogens (tertiary/aromatic N) is 3. The van der Waals surface area contributed by atoms with E-state index in [2.05, 4.69) is 14.6 Å². The lowest BCUT2D eigenvalue weighted by molar-refractivity contribution is -0.131. The fourth-order valence-corrected chi connectivity index (χ4v) is 4.88. The summed E-state index contributed by atoms with van der Waals surface area (Å²) >= 11 is 0. The highest BCUT2D eigenvalue weighted by atomic mass is 32.2. The Morgan fingerprint density at radius 3 is 2.47 bits per heavy atom. The molecule has 0 unspecified atom stereocenters. The minimum atomic E-state index is -3.70. The van der Waals surface area contributed by atoms with Crippen LogP contribution in [-0.4, -0.2) is 51.2 Å². The van der Waals surface area contributed by atoms with Crippen LogP contribution in [-0.2, 0) is 14.8 Å². The molecule has 2 aliphatic rings. The lowest BCUT2D eigenvalue weighted by atomic mass is 10.1. The van der Waals surface area contributed by atoms with E-state index in [1.54, 1.807) is 30.3 Å². The fraction of sp³-hybridized carbons (Fsp3) is 0.333. The van der Waals surface area contributed by atoms with E-state index >= 15 is 0 Å². The number of benzene rings is 2. The van der Waals surface area contributed by atoms with Gasteiger partial charge in [-0.05, 0) is 42.8 Å². The van der Waals surface area contributed by atoms with Crippen molar-refractivity contribution in [1.82, 2.24) is 4.90 Å². The van der Waals surface area contributed by atoms with E-state index in [-0.39, 0.29) is 16.6 Å². The Morgan fingerprint density at radius 1 is 1.03 bits per heavy atom. The van der Waals surface area contributed by atoms with Crippen LogP contribution < -0.4 is 10.2 Å². The Balaban J connectivity index is 1.26. The minimum Gasteiger partial charge on any atom is -0.368 e. The van der Waals surface area contributed by atoms with Crippen molar-refractivity contribution in [3.8, 4) is 0 Å². The van der Waals surface area contributed by atoms with E-state index in [0.29, 0.717) is 57.0 Å². The standard InChI is InChI=1S/C21H23FN4O3S/c22-16-8-10-17(11-9-16)25-12-14-26(15-13-25)21(27)7-3-6-20-23-18-4-1-2-5-19(18)30(28,29)24-20/h1-2,4-5,8-11H,3,6-7,12-15H2,(H,23,24). The summed E-state index contributed by atoms with van der Waals surface area (Å²) in [7, 11) is -3.70. The van der Waals surface area contributed by atoms with Gasteiger partial charge in [0.05, 0.1) is 5.69 Å². The van der Waals surface area contributed by atoms with Crippen LogP contribution in [0.1, 0.15) is 19.3 Å². The maximum Gasteiger partial charge on any atom is 0.286 e. The van der Waals surface area contributed by atoms with Crippen molar-refractivity contribution >= 4 is 33.1 Å². The highest BCUT2D eigenvalue weighted by molar-refractivity contribution is 7.90. The van der Waals surface area contributed by atoms with Gasteiger partial charge in [0, 0.05) is 44.7 Å². The summed E-state index contributed by atoms with van der Waals surface area (Å²) in [6.07, 6.45) is 1.23. The first-order chi connectivity index (χ1) is 14.4. The fourth-order valence-electron chi connectivity index (χ4n) is 3.71. The zero-order chi connectivity index (χ0) is 21.1. The molecule has 1 saturated heterocycles. The maximum absolute atomic E-state index is 13.1. The molecule has 2 aromatic rings. The summed E-state index contributed by atoms with van der Waals surface area (Å²) in [5, 5.41) is 3.05. The van der Waals surface area contributed by atoms with Gasteiger partial charge < -0.3 is 15.1 Å². The summed E-state index contributed by atoms with van der Waals surface area (Å²) in [4.78, 5) is 16.7. The van der Waals surface area contributed by atoms with Gasteiger partial charge in [0.15, 0.2) is 0 Å². The lowest BCUT2D eigenvalue weighted by Crippen LogP contribution is -2.48. The van der Waals surface area contributed by atoms with E-state index in [1.165, 1.54) is 18.2 Å². The third-order valence-electron chi connectivity index (χ3n) is 5.30. The summed E-state index contributed by atoms with van der Waals surface area (Å²) in [5.74, 6) is 0.150. The molecule has 2 aromatic carbocycles. The second kappa shape index (κ2) is 8.43. The molecule has 9 heteroatoms. The van der Waals surface area contributed by atoms with Crippen molar-refractivity contribution in [2.45, 2.75) is 24.2 Å². The average Bonchev–Trinajstić information content (AvgIpc) is 2.74. The topological polar surface area (TPSA) is 82.1 Å². The molecule has 4 rings (SSSR count). The Labute approximate surface area is 175 Å². The third-order valence-corrected chi connectivity index (χ3v) is 6.68. The number of piperazine rings is 1. The van der Waals surface area contributed by atoms with Crippen LogP contribution in [0.15, 0.2) is 57.8 Å². The molecule has 0 spiro atoms. The van der Waals surface area contributed by atoms with Crippen molar-refractivity contribution < 1.29 is 17.6 Å². The van der Waals surface area contributed by atoms with E-state index in [1.807, 2.05) is 4.90 Å². The molecule has 7 nitrogen and oxygen atoms in total. The number of halogens is 1. The van der Waals surface area contributed by atoms with Gasteiger partial charge in [-0.15, -0.1) is 4.40 Å². The molecule has 0 atom stereocenters. The number of carbonyl (C=O) groups excluding carboxylic acids is 1. The Kier molecular flexibility index (Phi) is 5.72. The predicted molar refractivity (Wildman–Crippen MR) is 114 cm³/mol. The molecule has 2 heterocycles. The SMILES string of the molecule is O=C(CCCC1=NS(=O)(=O)c2ccccc2N1)N1CCN(c2ccc(F)cc2)CC1. The Morgan fingerprint density at radius 2 is 1.73 bits per heavy atom. The molecule has 30 heavy (non-hydrogen) atoms. The molecule has 2 aliphatic heterocycles. The Bertz CT molecular complexity index is 1060. The van der Waals surface area contributed by atoms with Crippen molar-refractivity contribution in [1.29, 1.82) is 0 Å². The largest absolute Gasteiger partial charge is 0.368 e. The Hall–Kier alpha value is -2.94. The van der Waals surface area contributed by atoms with E-state index < -0.39 is 10.0 Å². The molecular formula is C21H23FN4O3S. The van der Waals surface area contributed by atoms with Crippen LogP contribution in [0, 0.1) is 5.82 Å². The maximum atomic E-state index is 13.1. The molecule has 0 radical (unpaired) electrons. The zero-order valence-corrected chi connectivity index (χ0v) is 17.2. The quantitative estimate of drug-likeness (QED) is 0.789. The summed E-state index contributed by atoms with van der Waals surface area (Å²) < 4.78 is 41.4. The third kappa shape index (κ3) is 4.46. The number of sulfonamides is 1. The molecule has 0 saturated carbocycles. The number of amides is 1. The van der Waals surface area contributed by atoms with Crippen molar-refractivity contribution in [2.75, 3.05) is 36.4 Å². The number of anilines is 2. The molecule has 1 N–H and O–H groups in total. The first-order valence-electron chi connectivity index (χ1n) is 9.90. The first kappa shape index (κ1) is 20.3. The molecule has 158 valence electrons. The number of fused-ring (bicyclic) bond motifs is 1. The van der Waals surface area contributed by atoms with Gasteiger partial charge in [0.25, 0.3) is 10.0 Å². The monoisotopic (exact) mass is 430 g/mol. The number of amidine groups is 1. The molecule has 0 aromatic heterocycles. The normalized spacial score (nSPS) is 17.7. The van der Waals surface area contributed by atoms with Gasteiger partial charge in [-0.2, -0.15) is 8.42 Å². The van der Waals surface area contributed by atoms with Gasteiger partial charge in [-0.1, -0.05) is 12.1 Å². The highest BCUT2D eigenvalue weighted by Crippen LogP contribution is 2.27. The van der Waals surface area contributed by atoms with Crippen molar-refractivity contribution in [3.63, 3.8) is 0 Å². The van der Waals surface area contributed by atoms with E-state index in [0.717, 1.165) is 5.69 Å². The van der Waals surface area contributed by atoms with Crippen LogP contribution in [0.4, 0.5) is 15.8 Å². The molecular weight excluding hydrogens is 407 g/mol. The van der Waals surface area contributed by atoms with Crippen LogP contribution in [0.3, 0.4) is 0 Å². The van der Waals surface area contributed by atoms with Gasteiger partial charge in [0.1, 0.15) is 16.5 Å². The average molecular weight is 431 g/mol. The van der Waals surface area contributed by atoms with Crippen LogP contribution in [0.25, 0.3) is 0 Å². The number of nitrogens with one attached hydrogen (secondary N) is 1. The lowest BCUT2D eigenvalue weighted by Gasteiger charge is -2.36. The number of carbonyl (C=O) groups is 1. The van der Waals surface area contributed by atoms with Crippen LogP contribution in [0.5, 0.6) is 0 Å². The second-order valence-electron chi connectivity index (χ2n) is 7.33. The molecule has 1 amide bonds. The summed E-state index contributed by atoms with van der Waals surface area (Å²) in [6.45, 7) is 2.61. The summed E-state index contributed by atoms with van der Waals surface area (Å²) in [5.41, 5.74) is 1.47. The van der Waals surface area contributed by atoms with Gasteiger partial charge in [-0.3, -0.25) is 4.79 Å². The first-order valence-corrected chi connectivity index (χ1v) is 11.3. The van der Waals surface area contributed by atoms with Crippen molar-refractivity contribution in [2.24, 2.45) is 4.40 Å². The minimum absolute atomic E-state index is 0.0495. The molecule has 0 aliphatic carbocycles. The van der Waals surface area contributed by atoms with Crippen molar-refractivity contribution in [3.05, 3.63) is 54.3 Å². The van der Waals surface area contributed by atoms with Crippen LogP contribution in [0.2, 0.25) is 0 Å². The van der Waals surface area contributed by atoms with Gasteiger partial charge >= 0.3 is 0 Å². The number of hydrogen-bond acceptors (Lipinski definition) is 5. The summed E-state index contributed by atoms with van der Waals surface area (Å²) in [6, 6.07) is 13.0. The molecule has 0 bridgehead atoms. The second-order valence-corrected chi connectivity index (χ2v) is 8.90. The smallest absolute Gasteiger partial charge is 0.286 e. The predicted octanol–water partition coefficient (Wildman–Crippen LogP) is 2.86. The van der Waals surface area contributed by atoms with E-state index in [9.17, 15) is 17.6 Å². The zero-order valence-electron chi connectivity index (χ0n) is 16.4. The van der Waals surface area contributed by atoms with E-state index in [4.69, 9.17) is 0 Å². The number of hydrogen-bond donors (Lipinski definition) is 1. The highest BCUT2D eigenvalue weighted by Gasteiger charge is 2.25. The van der Waals surface area contributed by atoms with Gasteiger partial charge in [0.2, 0.25) is 5.91 Å².